The number of ether oxygens (including phenoxy) is 1. The van der Waals surface area contributed by atoms with Crippen molar-refractivity contribution in [2.24, 2.45) is 0 Å². The van der Waals surface area contributed by atoms with Crippen molar-refractivity contribution >= 4 is 17.5 Å². The zero-order valence-electron chi connectivity index (χ0n) is 11.8. The second-order valence-electron chi connectivity index (χ2n) is 4.53. The fourth-order valence-corrected chi connectivity index (χ4v) is 1.82. The minimum absolute atomic E-state index is 0.248. The molecule has 0 unspecified atom stereocenters. The molecule has 0 radical (unpaired) electrons. The standard InChI is InChI=1S/C16H14O6/c1-21-12-4-2-10(3-5-12)6-13-7-11(9-22-13)14(17)8-15(18)16(19)20/h2-5,7-9,17H,6H2,1H3,(H,19,20). The maximum absolute atomic E-state index is 11.0. The normalized spacial score (nSPS) is 11.2. The highest BCUT2D eigenvalue weighted by Gasteiger charge is 2.12. The van der Waals surface area contributed by atoms with Gasteiger partial charge in [0.1, 0.15) is 23.5 Å². The van der Waals surface area contributed by atoms with Crippen LogP contribution in [-0.4, -0.2) is 29.1 Å². The predicted octanol–water partition coefficient (Wildman–Crippen LogP) is 2.43. The van der Waals surface area contributed by atoms with Gasteiger partial charge >= 0.3 is 5.97 Å². The first-order chi connectivity index (χ1) is 10.5. The largest absolute Gasteiger partial charge is 0.507 e. The summed E-state index contributed by atoms with van der Waals surface area (Å²) in [6.45, 7) is 0. The summed E-state index contributed by atoms with van der Waals surface area (Å²) in [4.78, 5) is 21.4. The molecule has 2 aromatic rings. The lowest BCUT2D eigenvalue weighted by Gasteiger charge is -2.01. The Kier molecular flexibility index (Phi) is 4.63. The highest BCUT2D eigenvalue weighted by molar-refractivity contribution is 6.38. The molecule has 0 aliphatic rings. The van der Waals surface area contributed by atoms with Gasteiger partial charge in [-0.15, -0.1) is 0 Å². The Bertz CT molecular complexity index is 708. The van der Waals surface area contributed by atoms with Crippen molar-refractivity contribution in [2.45, 2.75) is 6.42 Å². The molecule has 0 saturated carbocycles. The molecule has 0 aliphatic carbocycles. The lowest BCUT2D eigenvalue weighted by atomic mass is 10.1. The summed E-state index contributed by atoms with van der Waals surface area (Å²) in [5.41, 5.74) is 1.23. The van der Waals surface area contributed by atoms with Crippen molar-refractivity contribution in [3.8, 4) is 5.75 Å². The molecule has 0 amide bonds. The number of aliphatic hydroxyl groups excluding tert-OH is 1. The number of aliphatic carboxylic acids is 1. The number of benzene rings is 1. The predicted molar refractivity (Wildman–Crippen MR) is 77.8 cm³/mol. The van der Waals surface area contributed by atoms with E-state index in [1.165, 1.54) is 6.26 Å². The van der Waals surface area contributed by atoms with E-state index in [4.69, 9.17) is 14.3 Å². The Morgan fingerprint density at radius 2 is 1.91 bits per heavy atom. The van der Waals surface area contributed by atoms with Gasteiger partial charge in [0, 0.05) is 12.5 Å². The number of hydrogen-bond donors (Lipinski definition) is 2. The second kappa shape index (κ2) is 6.62. The number of carbonyl (C=O) groups is 2. The molecule has 6 heteroatoms. The number of ketones is 1. The van der Waals surface area contributed by atoms with E-state index in [0.717, 1.165) is 11.3 Å². The molecule has 1 aromatic heterocycles. The Morgan fingerprint density at radius 1 is 1.23 bits per heavy atom. The van der Waals surface area contributed by atoms with Gasteiger partial charge in [-0.05, 0) is 23.8 Å². The minimum atomic E-state index is -1.63. The van der Waals surface area contributed by atoms with Crippen LogP contribution in [0.2, 0.25) is 0 Å². The summed E-state index contributed by atoms with van der Waals surface area (Å²) in [6.07, 6.45) is 2.40. The number of furan rings is 1. The van der Waals surface area contributed by atoms with E-state index in [1.807, 2.05) is 24.3 Å². The molecule has 0 saturated heterocycles. The monoisotopic (exact) mass is 302 g/mol. The number of hydrogen-bond acceptors (Lipinski definition) is 5. The maximum atomic E-state index is 11.0. The molecule has 1 heterocycles. The minimum Gasteiger partial charge on any atom is -0.507 e. The summed E-state index contributed by atoms with van der Waals surface area (Å²) in [5.74, 6) is -1.96. The van der Waals surface area contributed by atoms with Crippen LogP contribution in [0.15, 0.2) is 47.1 Å². The average molecular weight is 302 g/mol. The van der Waals surface area contributed by atoms with Gasteiger partial charge in [0.2, 0.25) is 0 Å². The lowest BCUT2D eigenvalue weighted by Crippen LogP contribution is -2.09. The summed E-state index contributed by atoms with van der Waals surface area (Å²) >= 11 is 0. The van der Waals surface area contributed by atoms with Crippen LogP contribution in [0.5, 0.6) is 5.75 Å². The van der Waals surface area contributed by atoms with Gasteiger partial charge in [0.05, 0.1) is 12.7 Å². The molecule has 0 fully saturated rings. The SMILES string of the molecule is COc1ccc(Cc2cc(C(O)=CC(=O)C(=O)O)co2)cc1. The van der Waals surface area contributed by atoms with Gasteiger partial charge < -0.3 is 19.4 Å². The fraction of sp³-hybridized carbons (Fsp3) is 0.125. The van der Waals surface area contributed by atoms with Gasteiger partial charge in [-0.2, -0.15) is 0 Å². The Hall–Kier alpha value is -3.02. The molecular formula is C16H14O6. The molecular weight excluding hydrogens is 288 g/mol. The molecule has 0 atom stereocenters. The van der Waals surface area contributed by atoms with Crippen molar-refractivity contribution in [2.75, 3.05) is 7.11 Å². The van der Waals surface area contributed by atoms with Gasteiger partial charge in [0.15, 0.2) is 0 Å². The van der Waals surface area contributed by atoms with E-state index in [0.29, 0.717) is 18.3 Å². The first-order valence-corrected chi connectivity index (χ1v) is 6.38. The van der Waals surface area contributed by atoms with Crippen LogP contribution in [0.4, 0.5) is 0 Å². The fourth-order valence-electron chi connectivity index (χ4n) is 1.82. The van der Waals surface area contributed by atoms with Crippen LogP contribution in [0.25, 0.3) is 5.76 Å². The van der Waals surface area contributed by atoms with Crippen LogP contribution in [0, 0.1) is 0 Å². The summed E-state index contributed by atoms with van der Waals surface area (Å²) in [6, 6.07) is 8.95. The van der Waals surface area contributed by atoms with E-state index >= 15 is 0 Å². The number of rotatable bonds is 6. The van der Waals surface area contributed by atoms with Crippen LogP contribution in [-0.2, 0) is 16.0 Å². The van der Waals surface area contributed by atoms with Crippen LogP contribution >= 0.6 is 0 Å². The van der Waals surface area contributed by atoms with Crippen molar-refractivity contribution in [1.29, 1.82) is 0 Å². The van der Waals surface area contributed by atoms with Gasteiger partial charge in [-0.1, -0.05) is 12.1 Å². The molecule has 1 aromatic carbocycles. The lowest BCUT2D eigenvalue weighted by molar-refractivity contribution is -0.146. The Balaban J connectivity index is 2.10. The Morgan fingerprint density at radius 3 is 2.50 bits per heavy atom. The molecule has 22 heavy (non-hydrogen) atoms. The summed E-state index contributed by atoms with van der Waals surface area (Å²) < 4.78 is 10.4. The highest BCUT2D eigenvalue weighted by Crippen LogP contribution is 2.19. The first-order valence-electron chi connectivity index (χ1n) is 6.38. The van der Waals surface area contributed by atoms with E-state index in [1.54, 1.807) is 13.2 Å². The topological polar surface area (TPSA) is 97.0 Å². The maximum Gasteiger partial charge on any atom is 0.376 e. The van der Waals surface area contributed by atoms with E-state index in [2.05, 4.69) is 0 Å². The zero-order valence-corrected chi connectivity index (χ0v) is 11.8. The molecule has 2 rings (SSSR count). The number of carboxylic acid groups (broad SMARTS) is 1. The summed E-state index contributed by atoms with van der Waals surface area (Å²) in [5, 5.41) is 18.2. The number of carbonyl (C=O) groups excluding carboxylic acids is 1. The highest BCUT2D eigenvalue weighted by atomic mass is 16.5. The van der Waals surface area contributed by atoms with Crippen LogP contribution in [0.3, 0.4) is 0 Å². The van der Waals surface area contributed by atoms with Crippen molar-refractivity contribution in [3.63, 3.8) is 0 Å². The third kappa shape index (κ3) is 3.76. The third-order valence-electron chi connectivity index (χ3n) is 2.97. The Labute approximate surface area is 126 Å². The molecule has 6 nitrogen and oxygen atoms in total. The van der Waals surface area contributed by atoms with Crippen molar-refractivity contribution < 1.29 is 29.0 Å². The molecule has 114 valence electrons. The van der Waals surface area contributed by atoms with Crippen molar-refractivity contribution in [1.82, 2.24) is 0 Å². The molecule has 0 spiro atoms. The smallest absolute Gasteiger partial charge is 0.376 e. The first kappa shape index (κ1) is 15.4. The third-order valence-corrected chi connectivity index (χ3v) is 2.97. The van der Waals surface area contributed by atoms with Gasteiger partial charge in [0.25, 0.3) is 5.78 Å². The molecule has 2 N–H and O–H groups in total. The van der Waals surface area contributed by atoms with E-state index in [-0.39, 0.29) is 5.56 Å². The molecule has 0 aliphatic heterocycles. The average Bonchev–Trinajstić information content (AvgIpc) is 2.96. The number of methoxy groups -OCH3 is 1. The van der Waals surface area contributed by atoms with E-state index in [9.17, 15) is 14.7 Å². The summed E-state index contributed by atoms with van der Waals surface area (Å²) in [7, 11) is 1.58. The number of carboxylic acids is 1. The quantitative estimate of drug-likeness (QED) is 0.483. The van der Waals surface area contributed by atoms with Crippen LogP contribution < -0.4 is 4.74 Å². The van der Waals surface area contributed by atoms with Crippen molar-refractivity contribution in [3.05, 3.63) is 59.6 Å². The van der Waals surface area contributed by atoms with Crippen LogP contribution in [0.1, 0.15) is 16.9 Å². The van der Waals surface area contributed by atoms with Gasteiger partial charge in [-0.25, -0.2) is 4.79 Å². The number of aliphatic hydroxyl groups is 1. The zero-order chi connectivity index (χ0) is 16.1. The van der Waals surface area contributed by atoms with Gasteiger partial charge in [-0.3, -0.25) is 4.79 Å². The van der Waals surface area contributed by atoms with E-state index < -0.39 is 17.5 Å². The molecule has 0 bridgehead atoms. The second-order valence-corrected chi connectivity index (χ2v) is 4.53.